The van der Waals surface area contributed by atoms with Gasteiger partial charge in [0.1, 0.15) is 0 Å². The molecule has 4 nitrogen and oxygen atoms in total. The summed E-state index contributed by atoms with van der Waals surface area (Å²) in [7, 11) is 2.01. The molecule has 104 valence electrons. The van der Waals surface area contributed by atoms with Gasteiger partial charge in [0.2, 0.25) is 0 Å². The number of benzene rings is 1. The van der Waals surface area contributed by atoms with Gasteiger partial charge in [0, 0.05) is 7.05 Å². The van der Waals surface area contributed by atoms with E-state index in [9.17, 15) is 0 Å². The van der Waals surface area contributed by atoms with E-state index in [1.165, 1.54) is 5.56 Å². The molecule has 4 heteroatoms. The van der Waals surface area contributed by atoms with E-state index in [2.05, 4.69) is 29.7 Å². The molecule has 2 aromatic heterocycles. The van der Waals surface area contributed by atoms with Crippen molar-refractivity contribution in [1.82, 2.24) is 9.55 Å². The minimum absolute atomic E-state index is 0.457. The van der Waals surface area contributed by atoms with Crippen molar-refractivity contribution in [2.24, 2.45) is 12.8 Å². The Morgan fingerprint density at radius 3 is 2.90 bits per heavy atom. The number of rotatable bonds is 4. The minimum atomic E-state index is 0.457. The van der Waals surface area contributed by atoms with Crippen LogP contribution in [0.1, 0.15) is 24.8 Å². The Morgan fingerprint density at radius 2 is 2.20 bits per heavy atom. The van der Waals surface area contributed by atoms with Crippen LogP contribution in [0.2, 0.25) is 0 Å². The first-order valence-corrected chi connectivity index (χ1v) is 6.91. The lowest BCUT2D eigenvalue weighted by atomic mass is 9.97. The number of furan rings is 1. The van der Waals surface area contributed by atoms with Crippen molar-refractivity contribution in [3.63, 3.8) is 0 Å². The van der Waals surface area contributed by atoms with E-state index >= 15 is 0 Å². The summed E-state index contributed by atoms with van der Waals surface area (Å²) in [4.78, 5) is 4.70. The highest BCUT2D eigenvalue weighted by Crippen LogP contribution is 2.27. The molecule has 0 amide bonds. The highest BCUT2D eigenvalue weighted by molar-refractivity contribution is 5.80. The first-order valence-electron chi connectivity index (χ1n) is 6.91. The standard InChI is InChI=1S/C16H19N3O/c1-11(7-8-17)12-5-6-14-13(10-12)18-16(19(14)2)15-4-3-9-20-15/h3-6,9-11H,7-8,17H2,1-2H3. The predicted octanol–water partition coefficient (Wildman–Crippen LogP) is 3.29. The summed E-state index contributed by atoms with van der Waals surface area (Å²) in [6, 6.07) is 10.2. The van der Waals surface area contributed by atoms with Gasteiger partial charge in [0.05, 0.1) is 17.3 Å². The van der Waals surface area contributed by atoms with Gasteiger partial charge in [0.15, 0.2) is 11.6 Å². The molecule has 0 bridgehead atoms. The van der Waals surface area contributed by atoms with E-state index in [1.54, 1.807) is 6.26 Å². The highest BCUT2D eigenvalue weighted by Gasteiger charge is 2.13. The Morgan fingerprint density at radius 1 is 1.35 bits per heavy atom. The first-order chi connectivity index (χ1) is 9.70. The number of nitrogens with two attached hydrogens (primary N) is 1. The zero-order valence-corrected chi connectivity index (χ0v) is 11.8. The quantitative estimate of drug-likeness (QED) is 0.790. The molecule has 0 aliphatic heterocycles. The third-order valence-corrected chi connectivity index (χ3v) is 3.82. The molecular formula is C16H19N3O. The molecule has 3 aromatic rings. The maximum absolute atomic E-state index is 5.64. The van der Waals surface area contributed by atoms with Crippen LogP contribution in [0.15, 0.2) is 41.0 Å². The van der Waals surface area contributed by atoms with Crippen LogP contribution in [0.4, 0.5) is 0 Å². The summed E-state index contributed by atoms with van der Waals surface area (Å²) < 4.78 is 7.51. The number of imidazole rings is 1. The summed E-state index contributed by atoms with van der Waals surface area (Å²) in [6.07, 6.45) is 2.66. The van der Waals surface area contributed by atoms with Crippen LogP contribution < -0.4 is 5.73 Å². The molecule has 2 N–H and O–H groups in total. The van der Waals surface area contributed by atoms with Crippen molar-refractivity contribution in [3.8, 4) is 11.6 Å². The molecule has 0 aliphatic rings. The van der Waals surface area contributed by atoms with E-state index in [-0.39, 0.29) is 0 Å². The lowest BCUT2D eigenvalue weighted by molar-refractivity contribution is 0.574. The molecule has 0 saturated carbocycles. The Labute approximate surface area is 118 Å². The van der Waals surface area contributed by atoms with Crippen LogP contribution in [0.25, 0.3) is 22.6 Å². The first kappa shape index (κ1) is 12.9. The lowest BCUT2D eigenvalue weighted by Gasteiger charge is -2.10. The number of nitrogens with zero attached hydrogens (tertiary/aromatic N) is 2. The van der Waals surface area contributed by atoms with Gasteiger partial charge in [-0.05, 0) is 48.7 Å². The van der Waals surface area contributed by atoms with Crippen molar-refractivity contribution in [3.05, 3.63) is 42.2 Å². The fourth-order valence-electron chi connectivity index (χ4n) is 2.57. The Kier molecular flexibility index (Phi) is 3.32. The smallest absolute Gasteiger partial charge is 0.176 e. The maximum atomic E-state index is 5.64. The summed E-state index contributed by atoms with van der Waals surface area (Å²) in [5.41, 5.74) is 9.04. The summed E-state index contributed by atoms with van der Waals surface area (Å²) >= 11 is 0. The topological polar surface area (TPSA) is 57.0 Å². The number of hydrogen-bond acceptors (Lipinski definition) is 3. The number of aromatic nitrogens is 2. The molecule has 3 rings (SSSR count). The van der Waals surface area contributed by atoms with Crippen molar-refractivity contribution in [1.29, 1.82) is 0 Å². The van der Waals surface area contributed by atoms with Gasteiger partial charge in [-0.1, -0.05) is 13.0 Å². The molecule has 0 spiro atoms. The number of aryl methyl sites for hydroxylation is 1. The van der Waals surface area contributed by atoms with Crippen molar-refractivity contribution < 1.29 is 4.42 Å². The van der Waals surface area contributed by atoms with E-state index in [1.807, 2.05) is 19.2 Å². The fourth-order valence-corrected chi connectivity index (χ4v) is 2.57. The van der Waals surface area contributed by atoms with Crippen LogP contribution in [0, 0.1) is 0 Å². The molecular weight excluding hydrogens is 250 g/mol. The largest absolute Gasteiger partial charge is 0.461 e. The molecule has 1 unspecified atom stereocenters. The van der Waals surface area contributed by atoms with Crippen LogP contribution in [-0.4, -0.2) is 16.1 Å². The van der Waals surface area contributed by atoms with Gasteiger partial charge in [-0.2, -0.15) is 0 Å². The van der Waals surface area contributed by atoms with Crippen LogP contribution in [-0.2, 0) is 7.05 Å². The second-order valence-corrected chi connectivity index (χ2v) is 5.20. The van der Waals surface area contributed by atoms with Crippen molar-refractivity contribution in [2.75, 3.05) is 6.54 Å². The van der Waals surface area contributed by atoms with Gasteiger partial charge >= 0.3 is 0 Å². The molecule has 0 aliphatic carbocycles. The van der Waals surface area contributed by atoms with Crippen LogP contribution in [0.5, 0.6) is 0 Å². The number of hydrogen-bond donors (Lipinski definition) is 1. The maximum Gasteiger partial charge on any atom is 0.176 e. The summed E-state index contributed by atoms with van der Waals surface area (Å²) in [6.45, 7) is 2.91. The highest BCUT2D eigenvalue weighted by atomic mass is 16.3. The predicted molar refractivity (Wildman–Crippen MR) is 80.5 cm³/mol. The Balaban J connectivity index is 2.07. The Hall–Kier alpha value is -2.07. The van der Waals surface area contributed by atoms with Gasteiger partial charge < -0.3 is 14.7 Å². The van der Waals surface area contributed by atoms with E-state index in [0.717, 1.165) is 29.0 Å². The summed E-state index contributed by atoms with van der Waals surface area (Å²) in [5.74, 6) is 2.10. The van der Waals surface area contributed by atoms with Gasteiger partial charge in [-0.15, -0.1) is 0 Å². The van der Waals surface area contributed by atoms with Gasteiger partial charge in [-0.3, -0.25) is 0 Å². The van der Waals surface area contributed by atoms with E-state index in [0.29, 0.717) is 12.5 Å². The van der Waals surface area contributed by atoms with Crippen molar-refractivity contribution >= 4 is 11.0 Å². The molecule has 0 saturated heterocycles. The van der Waals surface area contributed by atoms with Gasteiger partial charge in [0.25, 0.3) is 0 Å². The van der Waals surface area contributed by atoms with E-state index < -0.39 is 0 Å². The lowest BCUT2D eigenvalue weighted by Crippen LogP contribution is -2.04. The zero-order chi connectivity index (χ0) is 14.1. The minimum Gasteiger partial charge on any atom is -0.461 e. The normalized spacial score (nSPS) is 12.9. The third-order valence-electron chi connectivity index (χ3n) is 3.82. The molecule has 0 radical (unpaired) electrons. The molecule has 1 aromatic carbocycles. The monoisotopic (exact) mass is 269 g/mol. The number of fused-ring (bicyclic) bond motifs is 1. The molecule has 20 heavy (non-hydrogen) atoms. The SMILES string of the molecule is CC(CCN)c1ccc2c(c1)nc(-c1ccco1)n2C. The Bertz CT molecular complexity index is 713. The zero-order valence-electron chi connectivity index (χ0n) is 11.8. The van der Waals surface area contributed by atoms with Crippen LogP contribution in [0.3, 0.4) is 0 Å². The average molecular weight is 269 g/mol. The molecule has 0 fully saturated rings. The third kappa shape index (κ3) is 2.12. The van der Waals surface area contributed by atoms with E-state index in [4.69, 9.17) is 15.1 Å². The molecule has 1 atom stereocenters. The van der Waals surface area contributed by atoms with Gasteiger partial charge in [-0.25, -0.2) is 4.98 Å². The van der Waals surface area contributed by atoms with Crippen LogP contribution >= 0.6 is 0 Å². The average Bonchev–Trinajstić information content (AvgIpc) is 3.07. The molecule has 2 heterocycles. The van der Waals surface area contributed by atoms with Crippen molar-refractivity contribution in [2.45, 2.75) is 19.3 Å². The fraction of sp³-hybridized carbons (Fsp3) is 0.312. The summed E-state index contributed by atoms with van der Waals surface area (Å²) in [5, 5.41) is 0. The second-order valence-electron chi connectivity index (χ2n) is 5.20. The second kappa shape index (κ2) is 5.13.